The van der Waals surface area contributed by atoms with Crippen LogP contribution >= 0.6 is 12.4 Å². The zero-order chi connectivity index (χ0) is 15.7. The lowest BCUT2D eigenvalue weighted by molar-refractivity contribution is 0.401. The number of nitrogens with one attached hydrogen (secondary N) is 2. The zero-order valence-electron chi connectivity index (χ0n) is 12.2. The Balaban J connectivity index is 0.00000242. The van der Waals surface area contributed by atoms with Gasteiger partial charge in [0.05, 0.1) is 12.0 Å². The number of hydrogen-bond acceptors (Lipinski definition) is 6. The predicted molar refractivity (Wildman–Crippen MR) is 84.9 cm³/mol. The average molecular weight is 371 g/mol. The van der Waals surface area contributed by atoms with E-state index in [1.54, 1.807) is 0 Å². The number of rotatable bonds is 5. The Morgan fingerprint density at radius 3 is 2.45 bits per heavy atom. The van der Waals surface area contributed by atoms with Crippen LogP contribution in [0.3, 0.4) is 0 Å². The molecule has 2 N–H and O–H groups in total. The Morgan fingerprint density at radius 2 is 1.95 bits per heavy atom. The third-order valence-electron chi connectivity index (χ3n) is 3.23. The summed E-state index contributed by atoms with van der Waals surface area (Å²) in [6, 6.07) is 3.59. The molecular weight excluding hydrogens is 352 g/mol. The van der Waals surface area contributed by atoms with Gasteiger partial charge < -0.3 is 10.1 Å². The quantitative estimate of drug-likeness (QED) is 0.765. The summed E-state index contributed by atoms with van der Waals surface area (Å²) in [5, 5.41) is 3.06. The minimum atomic E-state index is -3.85. The largest absolute Gasteiger partial charge is 0.495 e. The Morgan fingerprint density at radius 1 is 1.27 bits per heavy atom. The van der Waals surface area contributed by atoms with Gasteiger partial charge in [0.2, 0.25) is 10.0 Å². The van der Waals surface area contributed by atoms with Gasteiger partial charge in [-0.3, -0.25) is 0 Å². The molecule has 1 unspecified atom stereocenters. The van der Waals surface area contributed by atoms with E-state index in [1.165, 1.54) is 19.2 Å². The van der Waals surface area contributed by atoms with Gasteiger partial charge in [0.15, 0.2) is 9.84 Å². The lowest BCUT2D eigenvalue weighted by atomic mass is 10.3. The van der Waals surface area contributed by atoms with Gasteiger partial charge in [0, 0.05) is 18.8 Å². The molecule has 0 spiro atoms. The molecule has 1 atom stereocenters. The Bertz CT molecular complexity index is 728. The van der Waals surface area contributed by atoms with E-state index in [9.17, 15) is 16.8 Å². The first kappa shape index (κ1) is 19.2. The van der Waals surface area contributed by atoms with Crippen LogP contribution in [-0.2, 0) is 19.9 Å². The van der Waals surface area contributed by atoms with Crippen LogP contribution in [0.5, 0.6) is 5.75 Å². The fourth-order valence-electron chi connectivity index (χ4n) is 2.14. The van der Waals surface area contributed by atoms with Crippen molar-refractivity contribution in [2.75, 3.05) is 26.5 Å². The molecule has 10 heteroatoms. The van der Waals surface area contributed by atoms with Crippen LogP contribution in [0.1, 0.15) is 6.42 Å². The highest BCUT2D eigenvalue weighted by atomic mass is 35.5. The van der Waals surface area contributed by atoms with Crippen LogP contribution in [0.4, 0.5) is 0 Å². The van der Waals surface area contributed by atoms with Gasteiger partial charge in [-0.1, -0.05) is 0 Å². The summed E-state index contributed by atoms with van der Waals surface area (Å²) in [4.78, 5) is -0.229. The van der Waals surface area contributed by atoms with Crippen LogP contribution in [0.2, 0.25) is 0 Å². The zero-order valence-corrected chi connectivity index (χ0v) is 14.6. The van der Waals surface area contributed by atoms with Crippen molar-refractivity contribution in [3.8, 4) is 5.75 Å². The third kappa shape index (κ3) is 4.32. The summed E-state index contributed by atoms with van der Waals surface area (Å²) < 4.78 is 55.6. The standard InChI is InChI=1S/C12H18N2O5S2.ClH/c1-19-11-4-3-10(20(2,15)16)7-12(11)21(17,18)14-9-5-6-13-8-9;/h3-4,7,9,13-14H,5-6,8H2,1-2H3;1H. The van der Waals surface area contributed by atoms with E-state index in [2.05, 4.69) is 10.0 Å². The van der Waals surface area contributed by atoms with Gasteiger partial charge in [-0.2, -0.15) is 0 Å². The van der Waals surface area contributed by atoms with E-state index < -0.39 is 19.9 Å². The molecule has 0 bridgehead atoms. The summed E-state index contributed by atoms with van der Waals surface area (Å²) in [6.45, 7) is 1.29. The van der Waals surface area contributed by atoms with Crippen molar-refractivity contribution < 1.29 is 21.6 Å². The van der Waals surface area contributed by atoms with E-state index in [0.29, 0.717) is 13.0 Å². The summed E-state index contributed by atoms with van der Waals surface area (Å²) in [5.41, 5.74) is 0. The van der Waals surface area contributed by atoms with E-state index in [4.69, 9.17) is 4.74 Å². The molecular formula is C12H19ClN2O5S2. The maximum Gasteiger partial charge on any atom is 0.244 e. The predicted octanol–water partition coefficient (Wildman–Crippen LogP) is 0.161. The first-order chi connectivity index (χ1) is 9.74. The molecule has 1 aromatic rings. The number of methoxy groups -OCH3 is 1. The Kier molecular flexibility index (Phi) is 6.22. The molecule has 2 rings (SSSR count). The molecule has 1 aromatic carbocycles. The van der Waals surface area contributed by atoms with Crippen LogP contribution in [0.25, 0.3) is 0 Å². The molecule has 0 saturated carbocycles. The topological polar surface area (TPSA) is 102 Å². The van der Waals surface area contributed by atoms with Gasteiger partial charge in [-0.15, -0.1) is 12.4 Å². The number of halogens is 1. The summed E-state index contributed by atoms with van der Waals surface area (Å²) in [5.74, 6) is 0.112. The lowest BCUT2D eigenvalue weighted by Crippen LogP contribution is -2.36. The molecule has 22 heavy (non-hydrogen) atoms. The Hall–Kier alpha value is -0.870. The van der Waals surface area contributed by atoms with Gasteiger partial charge >= 0.3 is 0 Å². The summed E-state index contributed by atoms with van der Waals surface area (Å²) >= 11 is 0. The fraction of sp³-hybridized carbons (Fsp3) is 0.500. The molecule has 126 valence electrons. The second-order valence-electron chi connectivity index (χ2n) is 4.90. The van der Waals surface area contributed by atoms with Gasteiger partial charge in [0.25, 0.3) is 0 Å². The van der Waals surface area contributed by atoms with Crippen molar-refractivity contribution in [1.29, 1.82) is 0 Å². The van der Waals surface area contributed by atoms with Gasteiger partial charge in [-0.25, -0.2) is 21.6 Å². The number of ether oxygens (including phenoxy) is 1. The molecule has 0 aliphatic carbocycles. The van der Waals surface area contributed by atoms with Gasteiger partial charge in [0.1, 0.15) is 10.6 Å². The smallest absolute Gasteiger partial charge is 0.244 e. The fourth-order valence-corrected chi connectivity index (χ4v) is 4.32. The average Bonchev–Trinajstić information content (AvgIpc) is 2.89. The van der Waals surface area contributed by atoms with Crippen molar-refractivity contribution in [3.05, 3.63) is 18.2 Å². The number of sulfone groups is 1. The van der Waals surface area contributed by atoms with Crippen LogP contribution < -0.4 is 14.8 Å². The minimum Gasteiger partial charge on any atom is -0.495 e. The van der Waals surface area contributed by atoms with Crippen molar-refractivity contribution in [1.82, 2.24) is 10.0 Å². The number of sulfonamides is 1. The molecule has 1 saturated heterocycles. The highest BCUT2D eigenvalue weighted by molar-refractivity contribution is 7.91. The summed E-state index contributed by atoms with van der Waals surface area (Å²) in [7, 11) is -6.01. The number of hydrogen-bond donors (Lipinski definition) is 2. The van der Waals surface area contributed by atoms with Crippen molar-refractivity contribution in [3.63, 3.8) is 0 Å². The van der Waals surface area contributed by atoms with Gasteiger partial charge in [-0.05, 0) is 31.2 Å². The Labute approximate surface area is 136 Å². The molecule has 0 amide bonds. The van der Waals surface area contributed by atoms with Crippen molar-refractivity contribution in [2.45, 2.75) is 22.3 Å². The SMILES string of the molecule is COc1ccc(S(C)(=O)=O)cc1S(=O)(=O)NC1CCNC1.Cl. The molecule has 1 heterocycles. The second-order valence-corrected chi connectivity index (χ2v) is 8.59. The first-order valence-electron chi connectivity index (χ1n) is 6.35. The van der Waals surface area contributed by atoms with E-state index >= 15 is 0 Å². The molecule has 7 nitrogen and oxygen atoms in total. The summed E-state index contributed by atoms with van der Waals surface area (Å²) in [6.07, 6.45) is 1.72. The van der Waals surface area contributed by atoms with E-state index in [0.717, 1.165) is 18.9 Å². The van der Waals surface area contributed by atoms with E-state index in [-0.39, 0.29) is 34.0 Å². The molecule has 1 aliphatic heterocycles. The van der Waals surface area contributed by atoms with Crippen LogP contribution in [0.15, 0.2) is 28.0 Å². The minimum absolute atomic E-state index is 0. The molecule has 0 aromatic heterocycles. The monoisotopic (exact) mass is 370 g/mol. The van der Waals surface area contributed by atoms with Crippen molar-refractivity contribution in [2.24, 2.45) is 0 Å². The third-order valence-corrected chi connectivity index (χ3v) is 5.89. The molecule has 1 aliphatic rings. The number of benzene rings is 1. The van der Waals surface area contributed by atoms with Crippen LogP contribution in [-0.4, -0.2) is 49.3 Å². The highest BCUT2D eigenvalue weighted by Crippen LogP contribution is 2.27. The normalized spacial score (nSPS) is 18.7. The first-order valence-corrected chi connectivity index (χ1v) is 9.72. The highest BCUT2D eigenvalue weighted by Gasteiger charge is 2.26. The van der Waals surface area contributed by atoms with Crippen molar-refractivity contribution >= 4 is 32.3 Å². The lowest BCUT2D eigenvalue weighted by Gasteiger charge is -2.15. The molecule has 0 radical (unpaired) electrons. The molecule has 1 fully saturated rings. The van der Waals surface area contributed by atoms with E-state index in [1.807, 2.05) is 0 Å². The van der Waals surface area contributed by atoms with Crippen LogP contribution in [0, 0.1) is 0 Å². The maximum atomic E-state index is 12.4. The maximum absolute atomic E-state index is 12.4. The second kappa shape index (κ2) is 7.14.